The Labute approximate surface area is 149 Å². The third-order valence-corrected chi connectivity index (χ3v) is 5.50. The van der Waals surface area contributed by atoms with E-state index < -0.39 is 6.08 Å². The molecule has 0 saturated carbocycles. The summed E-state index contributed by atoms with van der Waals surface area (Å²) in [6.45, 7) is 0.225. The second kappa shape index (κ2) is 9.87. The zero-order valence-electron chi connectivity index (χ0n) is 14.0. The van der Waals surface area contributed by atoms with Gasteiger partial charge in [-0.1, -0.05) is 59.7 Å². The van der Waals surface area contributed by atoms with E-state index >= 15 is 0 Å². The zero-order valence-corrected chi connectivity index (χ0v) is 14.8. The van der Waals surface area contributed by atoms with E-state index in [1.54, 1.807) is 24.3 Å². The molecule has 0 fully saturated rings. The van der Waals surface area contributed by atoms with Crippen molar-refractivity contribution >= 4 is 16.5 Å². The minimum absolute atomic E-state index is 0.106. The molecule has 0 spiro atoms. The number of azide groups is 1. The van der Waals surface area contributed by atoms with E-state index in [0.29, 0.717) is 11.3 Å². The lowest BCUT2D eigenvalue weighted by atomic mass is 10.1. The van der Waals surface area contributed by atoms with Crippen LogP contribution < -0.4 is 0 Å². The van der Waals surface area contributed by atoms with Gasteiger partial charge in [0, 0.05) is 11.3 Å². The monoisotopic (exact) mass is 360 g/mol. The maximum absolute atomic E-state index is 13.4. The van der Waals surface area contributed by atoms with Crippen molar-refractivity contribution in [3.63, 3.8) is 0 Å². The van der Waals surface area contributed by atoms with E-state index in [-0.39, 0.29) is 23.0 Å². The molecule has 2 aromatic rings. The van der Waals surface area contributed by atoms with E-state index in [1.807, 2.05) is 24.5 Å². The Kier molecular flexibility index (Phi) is 7.51. The SMILES string of the molecule is C[S+](CCc1ccccc1)CC(=C(F)F)c1ccc(CN=[N+]=[N-])cc1. The second-order valence-corrected chi connectivity index (χ2v) is 7.95. The van der Waals surface area contributed by atoms with Gasteiger partial charge in [0.05, 0.1) is 18.4 Å². The molecular formula is C19H20F2N3S+. The van der Waals surface area contributed by atoms with Gasteiger partial charge in [-0.25, -0.2) is 0 Å². The molecule has 2 rings (SSSR count). The van der Waals surface area contributed by atoms with Crippen LogP contribution in [-0.4, -0.2) is 17.8 Å². The maximum Gasteiger partial charge on any atom is 0.278 e. The maximum atomic E-state index is 13.4. The second-order valence-electron chi connectivity index (χ2n) is 5.69. The van der Waals surface area contributed by atoms with Crippen molar-refractivity contribution in [3.8, 4) is 0 Å². The predicted molar refractivity (Wildman–Crippen MR) is 102 cm³/mol. The summed E-state index contributed by atoms with van der Waals surface area (Å²) >= 11 is 0. The molecule has 0 amide bonds. The molecule has 0 aromatic heterocycles. The average Bonchev–Trinajstić information content (AvgIpc) is 2.64. The minimum Gasteiger partial charge on any atom is -0.173 e. The summed E-state index contributed by atoms with van der Waals surface area (Å²) in [7, 11) is -0.136. The van der Waals surface area contributed by atoms with Gasteiger partial charge in [-0.05, 0) is 33.1 Å². The van der Waals surface area contributed by atoms with Crippen molar-refractivity contribution in [1.82, 2.24) is 0 Å². The van der Waals surface area contributed by atoms with E-state index in [0.717, 1.165) is 17.7 Å². The molecule has 1 unspecified atom stereocenters. The van der Waals surface area contributed by atoms with Crippen LogP contribution in [0.2, 0.25) is 0 Å². The van der Waals surface area contributed by atoms with Gasteiger partial charge < -0.3 is 0 Å². The highest BCUT2D eigenvalue weighted by atomic mass is 32.2. The molecule has 0 aliphatic carbocycles. The van der Waals surface area contributed by atoms with Crippen molar-refractivity contribution in [2.45, 2.75) is 13.0 Å². The fraction of sp³-hybridized carbons (Fsp3) is 0.263. The van der Waals surface area contributed by atoms with E-state index in [2.05, 4.69) is 22.2 Å². The molecule has 0 heterocycles. The van der Waals surface area contributed by atoms with Crippen molar-refractivity contribution in [3.05, 3.63) is 87.8 Å². The molecular weight excluding hydrogens is 340 g/mol. The molecule has 0 radical (unpaired) electrons. The van der Waals surface area contributed by atoms with E-state index in [4.69, 9.17) is 5.53 Å². The number of hydrogen-bond donors (Lipinski definition) is 0. The van der Waals surface area contributed by atoms with Crippen molar-refractivity contribution in [2.24, 2.45) is 5.11 Å². The van der Waals surface area contributed by atoms with E-state index in [9.17, 15) is 8.78 Å². The van der Waals surface area contributed by atoms with Gasteiger partial charge in [0.25, 0.3) is 6.08 Å². The Morgan fingerprint density at radius 2 is 1.72 bits per heavy atom. The van der Waals surface area contributed by atoms with Crippen LogP contribution in [0.3, 0.4) is 0 Å². The van der Waals surface area contributed by atoms with Crippen LogP contribution in [0.4, 0.5) is 8.78 Å². The number of benzene rings is 2. The standard InChI is InChI=1S/C19H20F2N3S/c1-25(12-11-15-5-3-2-4-6-15)14-18(19(20)21)17-9-7-16(8-10-17)13-23-24-22/h2-10H,11-14H2,1H3/q+1. The first-order valence-corrected chi connectivity index (χ1v) is 9.84. The highest BCUT2D eigenvalue weighted by Gasteiger charge is 2.20. The highest BCUT2D eigenvalue weighted by Crippen LogP contribution is 2.24. The van der Waals surface area contributed by atoms with Gasteiger partial charge in [0.15, 0.2) is 0 Å². The molecule has 130 valence electrons. The van der Waals surface area contributed by atoms with E-state index in [1.165, 1.54) is 5.56 Å². The number of halogens is 2. The Balaban J connectivity index is 2.00. The fourth-order valence-corrected chi connectivity index (χ4v) is 3.92. The average molecular weight is 360 g/mol. The lowest BCUT2D eigenvalue weighted by Crippen LogP contribution is -2.14. The molecule has 1 atom stereocenters. The van der Waals surface area contributed by atoms with Crippen LogP contribution in [0.15, 0.2) is 65.8 Å². The van der Waals surface area contributed by atoms with Crippen molar-refractivity contribution < 1.29 is 8.78 Å². The van der Waals surface area contributed by atoms with Crippen LogP contribution in [0.5, 0.6) is 0 Å². The van der Waals surface area contributed by atoms with Crippen LogP contribution in [0, 0.1) is 0 Å². The molecule has 0 aliphatic heterocycles. The molecule has 6 heteroatoms. The first kappa shape index (κ1) is 19.0. The first-order valence-electron chi connectivity index (χ1n) is 7.87. The summed E-state index contributed by atoms with van der Waals surface area (Å²) < 4.78 is 26.9. The summed E-state index contributed by atoms with van der Waals surface area (Å²) in [5.74, 6) is 1.25. The molecule has 3 nitrogen and oxygen atoms in total. The van der Waals surface area contributed by atoms with Gasteiger partial charge in [-0.3, -0.25) is 0 Å². The first-order chi connectivity index (χ1) is 12.1. The smallest absolute Gasteiger partial charge is 0.173 e. The Hall–Kier alpha value is -2.30. The Morgan fingerprint density at radius 1 is 1.04 bits per heavy atom. The fourth-order valence-electron chi connectivity index (χ4n) is 2.43. The minimum atomic E-state index is -1.62. The molecule has 0 saturated heterocycles. The summed E-state index contributed by atoms with van der Waals surface area (Å²) in [6.07, 6.45) is 1.30. The van der Waals surface area contributed by atoms with Crippen LogP contribution in [-0.2, 0) is 23.9 Å². The Bertz CT molecular complexity index is 750. The van der Waals surface area contributed by atoms with Crippen LogP contribution >= 0.6 is 0 Å². The lowest BCUT2D eigenvalue weighted by molar-refractivity contribution is 0.425. The molecule has 0 bridgehead atoms. The lowest BCUT2D eigenvalue weighted by Gasteiger charge is -2.08. The van der Waals surface area contributed by atoms with Gasteiger partial charge in [-0.2, -0.15) is 8.78 Å². The summed E-state index contributed by atoms with van der Waals surface area (Å²) in [5.41, 5.74) is 11.0. The number of hydrogen-bond acceptors (Lipinski definition) is 1. The molecule has 2 aromatic carbocycles. The summed E-state index contributed by atoms with van der Waals surface area (Å²) in [5, 5.41) is 3.47. The summed E-state index contributed by atoms with van der Waals surface area (Å²) in [4.78, 5) is 2.70. The van der Waals surface area contributed by atoms with Crippen molar-refractivity contribution in [1.29, 1.82) is 0 Å². The van der Waals surface area contributed by atoms with Gasteiger partial charge in [0.1, 0.15) is 11.5 Å². The molecule has 25 heavy (non-hydrogen) atoms. The highest BCUT2D eigenvalue weighted by molar-refractivity contribution is 7.96. The number of rotatable bonds is 8. The van der Waals surface area contributed by atoms with Crippen LogP contribution in [0.25, 0.3) is 16.0 Å². The third-order valence-electron chi connectivity index (χ3n) is 3.82. The van der Waals surface area contributed by atoms with Gasteiger partial charge in [-0.15, -0.1) is 0 Å². The number of nitrogens with zero attached hydrogens (tertiary/aromatic N) is 3. The molecule has 0 N–H and O–H groups in total. The van der Waals surface area contributed by atoms with Crippen molar-refractivity contribution in [2.75, 3.05) is 17.8 Å². The number of aryl methyl sites for hydroxylation is 1. The normalized spacial score (nSPS) is 11.5. The van der Waals surface area contributed by atoms with Gasteiger partial charge in [0.2, 0.25) is 0 Å². The van der Waals surface area contributed by atoms with Gasteiger partial charge >= 0.3 is 0 Å². The quantitative estimate of drug-likeness (QED) is 0.255. The largest absolute Gasteiger partial charge is 0.278 e. The summed E-state index contributed by atoms with van der Waals surface area (Å²) in [6, 6.07) is 16.9. The zero-order chi connectivity index (χ0) is 18.1. The topological polar surface area (TPSA) is 48.8 Å². The molecule has 0 aliphatic rings. The third kappa shape index (κ3) is 6.25. The predicted octanol–water partition coefficient (Wildman–Crippen LogP) is 5.60. The van der Waals surface area contributed by atoms with Crippen LogP contribution in [0.1, 0.15) is 16.7 Å². The Morgan fingerprint density at radius 3 is 2.32 bits per heavy atom.